The van der Waals surface area contributed by atoms with E-state index in [-0.39, 0.29) is 25.4 Å². The first kappa shape index (κ1) is 20.0. The van der Waals surface area contributed by atoms with Gasteiger partial charge in [-0.3, -0.25) is 9.59 Å². The Balaban J connectivity index is 2.23. The lowest BCUT2D eigenvalue weighted by Gasteiger charge is -2.08. The fourth-order valence-electron chi connectivity index (χ4n) is 1.81. The minimum absolute atomic E-state index is 0.0590. The van der Waals surface area contributed by atoms with Crippen LogP contribution >= 0.6 is 0 Å². The lowest BCUT2D eigenvalue weighted by molar-refractivity contribution is -0.146. The molecular weight excluding hydrogens is 325 g/mol. The van der Waals surface area contributed by atoms with Gasteiger partial charge in [0, 0.05) is 12.8 Å². The molecule has 0 saturated carbocycles. The zero-order chi connectivity index (χ0) is 18.0. The number of unbranched alkanes of at least 4 members (excludes halogenated alkanes) is 1. The number of esters is 2. The predicted octanol–water partition coefficient (Wildman–Crippen LogP) is 4.26. The Kier molecular flexibility index (Phi) is 8.29. The molecule has 0 aromatic heterocycles. The third-order valence-corrected chi connectivity index (χ3v) is 3.20. The van der Waals surface area contributed by atoms with E-state index < -0.39 is 17.7 Å². The molecule has 0 N–H and O–H groups in total. The number of halogens is 3. The van der Waals surface area contributed by atoms with Crippen molar-refractivity contribution < 1.29 is 32.2 Å². The molecule has 24 heavy (non-hydrogen) atoms. The van der Waals surface area contributed by atoms with Gasteiger partial charge >= 0.3 is 18.1 Å². The molecule has 0 unspecified atom stereocenters. The van der Waals surface area contributed by atoms with Crippen molar-refractivity contribution in [3.63, 3.8) is 0 Å². The zero-order valence-electron chi connectivity index (χ0n) is 13.5. The van der Waals surface area contributed by atoms with Gasteiger partial charge < -0.3 is 9.47 Å². The molecule has 0 aliphatic carbocycles. The van der Waals surface area contributed by atoms with E-state index in [1.807, 2.05) is 6.92 Å². The van der Waals surface area contributed by atoms with Crippen molar-refractivity contribution in [2.75, 3.05) is 6.61 Å². The van der Waals surface area contributed by atoms with Crippen LogP contribution in [-0.4, -0.2) is 18.5 Å². The fourth-order valence-corrected chi connectivity index (χ4v) is 1.81. The van der Waals surface area contributed by atoms with Crippen LogP contribution in [0.3, 0.4) is 0 Å². The number of ether oxygens (including phenoxy) is 2. The number of carbonyl (C=O) groups excluding carboxylic acids is 2. The summed E-state index contributed by atoms with van der Waals surface area (Å²) in [6.45, 7) is 2.27. The van der Waals surface area contributed by atoms with E-state index in [0.29, 0.717) is 18.6 Å². The summed E-state index contributed by atoms with van der Waals surface area (Å²) in [6, 6.07) is 4.41. The molecule has 0 bridgehead atoms. The minimum atomic E-state index is -4.39. The Morgan fingerprint density at radius 2 is 1.54 bits per heavy atom. The quantitative estimate of drug-likeness (QED) is 0.495. The summed E-state index contributed by atoms with van der Waals surface area (Å²) in [6.07, 6.45) is -2.13. The number of benzene rings is 1. The molecule has 0 heterocycles. The molecule has 1 aromatic carbocycles. The molecule has 0 saturated heterocycles. The summed E-state index contributed by atoms with van der Waals surface area (Å²) >= 11 is 0. The number of hydrogen-bond acceptors (Lipinski definition) is 4. The molecule has 0 radical (unpaired) electrons. The maximum absolute atomic E-state index is 12.4. The highest BCUT2D eigenvalue weighted by Gasteiger charge is 2.29. The molecule has 1 rings (SSSR count). The van der Waals surface area contributed by atoms with Gasteiger partial charge in [0.05, 0.1) is 12.2 Å². The van der Waals surface area contributed by atoms with Crippen molar-refractivity contribution in [1.82, 2.24) is 0 Å². The highest BCUT2D eigenvalue weighted by atomic mass is 19.4. The van der Waals surface area contributed by atoms with Crippen molar-refractivity contribution in [3.05, 3.63) is 35.4 Å². The standard InChI is InChI=1S/C17H21F3O4/c1-2-3-11-23-15(21)5-4-6-16(22)24-12-13-7-9-14(10-8-13)17(18,19)20/h7-10H,2-6,11-12H2,1H3. The largest absolute Gasteiger partial charge is 0.466 e. The van der Waals surface area contributed by atoms with Gasteiger partial charge in [-0.25, -0.2) is 0 Å². The van der Waals surface area contributed by atoms with Crippen LogP contribution in [0.5, 0.6) is 0 Å². The second kappa shape index (κ2) is 9.95. The van der Waals surface area contributed by atoms with Crippen molar-refractivity contribution in [1.29, 1.82) is 0 Å². The lowest BCUT2D eigenvalue weighted by Crippen LogP contribution is -2.09. The summed E-state index contributed by atoms with van der Waals surface area (Å²) in [5, 5.41) is 0. The van der Waals surface area contributed by atoms with Crippen LogP contribution in [0.4, 0.5) is 13.2 Å². The molecule has 0 aliphatic rings. The van der Waals surface area contributed by atoms with Crippen LogP contribution in [0.2, 0.25) is 0 Å². The Bertz CT molecular complexity index is 524. The van der Waals surface area contributed by atoms with Gasteiger partial charge in [0.2, 0.25) is 0 Å². The van der Waals surface area contributed by atoms with Gasteiger partial charge in [-0.2, -0.15) is 13.2 Å². The topological polar surface area (TPSA) is 52.6 Å². The van der Waals surface area contributed by atoms with Gasteiger partial charge in [-0.05, 0) is 30.5 Å². The van der Waals surface area contributed by atoms with Gasteiger partial charge in [-0.15, -0.1) is 0 Å². The van der Waals surface area contributed by atoms with Gasteiger partial charge in [0.1, 0.15) is 6.61 Å². The maximum atomic E-state index is 12.4. The fraction of sp³-hybridized carbons (Fsp3) is 0.529. The maximum Gasteiger partial charge on any atom is 0.416 e. The minimum Gasteiger partial charge on any atom is -0.466 e. The number of alkyl halides is 3. The smallest absolute Gasteiger partial charge is 0.416 e. The third kappa shape index (κ3) is 7.99. The van der Waals surface area contributed by atoms with Crippen LogP contribution in [0.25, 0.3) is 0 Å². The molecule has 0 amide bonds. The van der Waals surface area contributed by atoms with E-state index in [1.165, 1.54) is 12.1 Å². The summed E-state index contributed by atoms with van der Waals surface area (Å²) in [5.41, 5.74) is -0.283. The Labute approximate surface area is 138 Å². The molecular formula is C17H21F3O4. The monoisotopic (exact) mass is 346 g/mol. The Morgan fingerprint density at radius 1 is 0.958 bits per heavy atom. The third-order valence-electron chi connectivity index (χ3n) is 3.20. The number of rotatable bonds is 9. The lowest BCUT2D eigenvalue weighted by atomic mass is 10.1. The van der Waals surface area contributed by atoms with E-state index in [1.54, 1.807) is 0 Å². The van der Waals surface area contributed by atoms with Gasteiger partial charge in [0.15, 0.2) is 0 Å². The molecule has 0 aliphatic heterocycles. The van der Waals surface area contributed by atoms with Crippen molar-refractivity contribution in [2.24, 2.45) is 0 Å². The first-order chi connectivity index (χ1) is 11.3. The van der Waals surface area contributed by atoms with E-state index in [0.717, 1.165) is 25.0 Å². The van der Waals surface area contributed by atoms with Gasteiger partial charge in [-0.1, -0.05) is 25.5 Å². The van der Waals surface area contributed by atoms with E-state index >= 15 is 0 Å². The van der Waals surface area contributed by atoms with E-state index in [9.17, 15) is 22.8 Å². The molecule has 0 fully saturated rings. The SMILES string of the molecule is CCCCOC(=O)CCCC(=O)OCc1ccc(C(F)(F)F)cc1. The summed E-state index contributed by atoms with van der Waals surface area (Å²) in [7, 11) is 0. The van der Waals surface area contributed by atoms with Crippen LogP contribution in [-0.2, 0) is 31.8 Å². The van der Waals surface area contributed by atoms with Crippen LogP contribution in [0, 0.1) is 0 Å². The Morgan fingerprint density at radius 3 is 2.08 bits per heavy atom. The molecule has 0 spiro atoms. The van der Waals surface area contributed by atoms with E-state index in [2.05, 4.69) is 0 Å². The summed E-state index contributed by atoms with van der Waals surface area (Å²) in [5.74, 6) is -0.852. The first-order valence-corrected chi connectivity index (χ1v) is 7.80. The van der Waals surface area contributed by atoms with Crippen LogP contribution < -0.4 is 0 Å². The van der Waals surface area contributed by atoms with Crippen molar-refractivity contribution in [2.45, 2.75) is 51.8 Å². The molecule has 0 atom stereocenters. The number of carbonyl (C=O) groups is 2. The molecule has 7 heteroatoms. The van der Waals surface area contributed by atoms with Crippen molar-refractivity contribution >= 4 is 11.9 Å². The van der Waals surface area contributed by atoms with Gasteiger partial charge in [0.25, 0.3) is 0 Å². The van der Waals surface area contributed by atoms with E-state index in [4.69, 9.17) is 9.47 Å². The summed E-state index contributed by atoms with van der Waals surface area (Å²) < 4.78 is 47.1. The predicted molar refractivity (Wildman–Crippen MR) is 81.0 cm³/mol. The molecule has 134 valence electrons. The number of hydrogen-bond donors (Lipinski definition) is 0. The normalized spacial score (nSPS) is 11.2. The first-order valence-electron chi connectivity index (χ1n) is 7.80. The van der Waals surface area contributed by atoms with Crippen LogP contribution in [0.15, 0.2) is 24.3 Å². The van der Waals surface area contributed by atoms with Crippen LogP contribution in [0.1, 0.15) is 50.2 Å². The van der Waals surface area contributed by atoms with Crippen molar-refractivity contribution in [3.8, 4) is 0 Å². The highest BCUT2D eigenvalue weighted by molar-refractivity contribution is 5.72. The second-order valence-corrected chi connectivity index (χ2v) is 5.28. The molecule has 1 aromatic rings. The Hall–Kier alpha value is -2.05. The second-order valence-electron chi connectivity index (χ2n) is 5.28. The molecule has 4 nitrogen and oxygen atoms in total. The summed E-state index contributed by atoms with van der Waals surface area (Å²) in [4.78, 5) is 22.9. The highest BCUT2D eigenvalue weighted by Crippen LogP contribution is 2.29. The average molecular weight is 346 g/mol. The zero-order valence-corrected chi connectivity index (χ0v) is 13.5. The average Bonchev–Trinajstić information content (AvgIpc) is 2.53.